The van der Waals surface area contributed by atoms with Crippen LogP contribution in [0.5, 0.6) is 0 Å². The number of hydrogen-bond acceptors (Lipinski definition) is 6. The highest BCUT2D eigenvalue weighted by atomic mass is 19.4. The highest BCUT2D eigenvalue weighted by Gasteiger charge is 2.41. The molecule has 8 nitrogen and oxygen atoms in total. The Hall–Kier alpha value is -3.05. The second-order valence-corrected chi connectivity index (χ2v) is 8.76. The molecule has 1 aliphatic heterocycles. The van der Waals surface area contributed by atoms with Gasteiger partial charge < -0.3 is 20.6 Å². The molecule has 4 rings (SSSR count). The Balaban J connectivity index is 1.39. The lowest BCUT2D eigenvalue weighted by molar-refractivity contribution is -0.139. The predicted molar refractivity (Wildman–Crippen MR) is 115 cm³/mol. The molecule has 2 aliphatic rings. The molecule has 34 heavy (non-hydrogen) atoms. The molecule has 0 atom stereocenters. The largest absolute Gasteiger partial charge is 0.416 e. The molecule has 182 valence electrons. The molecule has 1 aliphatic carbocycles. The third-order valence-electron chi connectivity index (χ3n) is 6.57. The van der Waals surface area contributed by atoms with Crippen molar-refractivity contribution in [3.63, 3.8) is 0 Å². The maximum Gasteiger partial charge on any atom is 0.416 e. The average Bonchev–Trinajstić information content (AvgIpc) is 2.80. The van der Waals surface area contributed by atoms with Crippen LogP contribution in [0.2, 0.25) is 0 Å². The van der Waals surface area contributed by atoms with Crippen LogP contribution in [0.25, 0.3) is 0 Å². The van der Waals surface area contributed by atoms with Crippen molar-refractivity contribution in [2.24, 2.45) is 0 Å². The Morgan fingerprint density at radius 1 is 1.15 bits per heavy atom. The van der Waals surface area contributed by atoms with Crippen LogP contribution in [0.15, 0.2) is 43.0 Å². The second-order valence-electron chi connectivity index (χ2n) is 8.76. The van der Waals surface area contributed by atoms with E-state index in [-0.39, 0.29) is 30.1 Å². The first-order valence-electron chi connectivity index (χ1n) is 11.1. The summed E-state index contributed by atoms with van der Waals surface area (Å²) in [7, 11) is 0. The standard InChI is InChI=1S/C23H26F3N5O3/c24-23(25,26)16-3-1-2-15(8-16)21(33)30-13-20(32)31(19-11-27-12-19)18-4-6-22(34,7-5-18)17-9-28-14-29-10-17/h1-3,8-10,14,18-19,27,34H,4-7,11-13H2,(H,30,33). The molecule has 1 saturated carbocycles. The second kappa shape index (κ2) is 9.67. The van der Waals surface area contributed by atoms with Crippen molar-refractivity contribution < 1.29 is 27.9 Å². The number of halogens is 3. The minimum absolute atomic E-state index is 0.0331. The number of amides is 2. The monoisotopic (exact) mass is 477 g/mol. The van der Waals surface area contributed by atoms with Crippen LogP contribution < -0.4 is 10.6 Å². The third-order valence-corrected chi connectivity index (χ3v) is 6.57. The van der Waals surface area contributed by atoms with Gasteiger partial charge in [0.15, 0.2) is 0 Å². The first-order chi connectivity index (χ1) is 16.2. The topological polar surface area (TPSA) is 107 Å². The number of alkyl halides is 3. The highest BCUT2D eigenvalue weighted by Crippen LogP contribution is 2.38. The highest BCUT2D eigenvalue weighted by molar-refractivity contribution is 5.96. The van der Waals surface area contributed by atoms with Crippen LogP contribution >= 0.6 is 0 Å². The molecular weight excluding hydrogens is 451 g/mol. The van der Waals surface area contributed by atoms with Gasteiger partial charge in [0.2, 0.25) is 5.91 Å². The summed E-state index contributed by atoms with van der Waals surface area (Å²) < 4.78 is 38.8. The van der Waals surface area contributed by atoms with Crippen molar-refractivity contribution in [2.45, 2.75) is 49.5 Å². The third kappa shape index (κ3) is 5.20. The Morgan fingerprint density at radius 3 is 2.41 bits per heavy atom. The summed E-state index contributed by atoms with van der Waals surface area (Å²) in [6.07, 6.45) is 2.03. The number of carbonyl (C=O) groups excluding carboxylic acids is 2. The molecule has 11 heteroatoms. The molecule has 1 aromatic heterocycles. The summed E-state index contributed by atoms with van der Waals surface area (Å²) in [6.45, 7) is 0.931. The van der Waals surface area contributed by atoms with Gasteiger partial charge in [0, 0.05) is 42.7 Å². The predicted octanol–water partition coefficient (Wildman–Crippen LogP) is 1.86. The van der Waals surface area contributed by atoms with E-state index in [1.54, 1.807) is 17.3 Å². The van der Waals surface area contributed by atoms with Crippen molar-refractivity contribution in [1.29, 1.82) is 0 Å². The van der Waals surface area contributed by atoms with E-state index in [4.69, 9.17) is 0 Å². The van der Waals surface area contributed by atoms with Crippen LogP contribution in [0.1, 0.15) is 47.2 Å². The van der Waals surface area contributed by atoms with Crippen molar-refractivity contribution in [2.75, 3.05) is 19.6 Å². The van der Waals surface area contributed by atoms with E-state index in [1.807, 2.05) is 0 Å². The van der Waals surface area contributed by atoms with E-state index in [0.717, 1.165) is 18.2 Å². The molecule has 3 N–H and O–H groups in total. The van der Waals surface area contributed by atoms with Crippen LogP contribution in [0.4, 0.5) is 13.2 Å². The zero-order valence-electron chi connectivity index (χ0n) is 18.4. The minimum atomic E-state index is -4.56. The molecule has 1 aromatic carbocycles. The molecule has 2 fully saturated rings. The number of aromatic nitrogens is 2. The van der Waals surface area contributed by atoms with E-state index < -0.39 is 23.2 Å². The van der Waals surface area contributed by atoms with Crippen molar-refractivity contribution >= 4 is 11.8 Å². The Bertz CT molecular complexity index is 1020. The summed E-state index contributed by atoms with van der Waals surface area (Å²) in [5.41, 5.74) is -1.49. The lowest BCUT2D eigenvalue weighted by Crippen LogP contribution is -2.63. The van der Waals surface area contributed by atoms with Crippen molar-refractivity contribution in [3.05, 3.63) is 59.7 Å². The van der Waals surface area contributed by atoms with Crippen LogP contribution in [0, 0.1) is 0 Å². The lowest BCUT2D eigenvalue weighted by Gasteiger charge is -2.47. The number of hydrogen-bond donors (Lipinski definition) is 3. The van der Waals surface area contributed by atoms with E-state index >= 15 is 0 Å². The smallest absolute Gasteiger partial charge is 0.385 e. The molecule has 2 amide bonds. The first kappa shape index (κ1) is 24.1. The fourth-order valence-electron chi connectivity index (χ4n) is 4.55. The van der Waals surface area contributed by atoms with Gasteiger partial charge in [-0.1, -0.05) is 6.07 Å². The molecule has 2 aromatic rings. The van der Waals surface area contributed by atoms with Gasteiger partial charge in [-0.05, 0) is 43.9 Å². The van der Waals surface area contributed by atoms with E-state index in [2.05, 4.69) is 20.6 Å². The van der Waals surface area contributed by atoms with Gasteiger partial charge in [0.25, 0.3) is 5.91 Å². The first-order valence-corrected chi connectivity index (χ1v) is 11.1. The molecule has 2 heterocycles. The quantitative estimate of drug-likeness (QED) is 0.586. The summed E-state index contributed by atoms with van der Waals surface area (Å²) in [5.74, 6) is -1.04. The van der Waals surface area contributed by atoms with E-state index in [1.165, 1.54) is 12.4 Å². The zero-order valence-corrected chi connectivity index (χ0v) is 18.4. The Morgan fingerprint density at radius 2 is 1.82 bits per heavy atom. The molecule has 0 radical (unpaired) electrons. The van der Waals surface area contributed by atoms with E-state index in [0.29, 0.717) is 44.3 Å². The Labute approximate surface area is 194 Å². The van der Waals surface area contributed by atoms with Gasteiger partial charge >= 0.3 is 6.18 Å². The summed E-state index contributed by atoms with van der Waals surface area (Å²) in [4.78, 5) is 35.2. The van der Waals surface area contributed by atoms with Gasteiger partial charge in [-0.2, -0.15) is 13.2 Å². The van der Waals surface area contributed by atoms with Gasteiger partial charge in [0.1, 0.15) is 6.33 Å². The maximum absolute atomic E-state index is 13.1. The zero-order chi connectivity index (χ0) is 24.3. The summed E-state index contributed by atoms with van der Waals surface area (Å²) in [5, 5.41) is 16.6. The van der Waals surface area contributed by atoms with Crippen molar-refractivity contribution in [1.82, 2.24) is 25.5 Å². The molecule has 0 bridgehead atoms. The molecular formula is C23H26F3N5O3. The van der Waals surface area contributed by atoms with Crippen molar-refractivity contribution in [3.8, 4) is 0 Å². The number of benzene rings is 1. The number of carbonyl (C=O) groups is 2. The normalized spacial score (nSPS) is 23.1. The van der Waals surface area contributed by atoms with Gasteiger partial charge in [-0.15, -0.1) is 0 Å². The number of aliphatic hydroxyl groups is 1. The average molecular weight is 477 g/mol. The maximum atomic E-state index is 13.1. The fraction of sp³-hybridized carbons (Fsp3) is 0.478. The number of nitrogens with zero attached hydrogens (tertiary/aromatic N) is 3. The minimum Gasteiger partial charge on any atom is -0.385 e. The van der Waals surface area contributed by atoms with Gasteiger partial charge in [0.05, 0.1) is 23.8 Å². The van der Waals surface area contributed by atoms with Gasteiger partial charge in [-0.25, -0.2) is 9.97 Å². The summed E-state index contributed by atoms with van der Waals surface area (Å²) in [6, 6.07) is 3.94. The molecule has 0 unspecified atom stereocenters. The van der Waals surface area contributed by atoms with Crippen LogP contribution in [0.3, 0.4) is 0 Å². The SMILES string of the molecule is O=C(NCC(=O)N(C1CCC(O)(c2cncnc2)CC1)C1CNC1)c1cccc(C(F)(F)F)c1. The number of nitrogens with one attached hydrogen (secondary N) is 2. The fourth-order valence-corrected chi connectivity index (χ4v) is 4.55. The van der Waals surface area contributed by atoms with Gasteiger partial charge in [-0.3, -0.25) is 9.59 Å². The van der Waals surface area contributed by atoms with E-state index in [9.17, 15) is 27.9 Å². The summed E-state index contributed by atoms with van der Waals surface area (Å²) >= 11 is 0. The Kier molecular flexibility index (Phi) is 6.85. The van der Waals surface area contributed by atoms with Crippen LogP contribution in [-0.2, 0) is 16.6 Å². The lowest BCUT2D eigenvalue weighted by atomic mass is 9.77. The number of rotatable bonds is 6. The molecule has 1 saturated heterocycles. The van der Waals surface area contributed by atoms with Crippen LogP contribution in [-0.4, -0.2) is 63.5 Å². The molecule has 0 spiro atoms.